The topological polar surface area (TPSA) is 93.1 Å². The molecule has 0 bridgehead atoms. The second-order valence-electron chi connectivity index (χ2n) is 7.09. The summed E-state index contributed by atoms with van der Waals surface area (Å²) in [6.07, 6.45) is 8.45. The third kappa shape index (κ3) is 6.91. The fraction of sp³-hybridized carbons (Fsp3) is 0.391. The molecule has 0 fully saturated rings. The van der Waals surface area contributed by atoms with Crippen molar-refractivity contribution in [1.82, 2.24) is 0 Å². The quantitative estimate of drug-likeness (QED) is 0.447. The van der Waals surface area contributed by atoms with E-state index in [9.17, 15) is 19.8 Å². The Morgan fingerprint density at radius 2 is 2.17 bits per heavy atom. The summed E-state index contributed by atoms with van der Waals surface area (Å²) < 4.78 is 10.5. The summed E-state index contributed by atoms with van der Waals surface area (Å²) in [6.45, 7) is 5.52. The molecule has 0 saturated carbocycles. The number of carbonyl (C=O) groups is 2. The van der Waals surface area contributed by atoms with Crippen LogP contribution >= 0.6 is 0 Å². The average Bonchev–Trinajstić information content (AvgIpc) is 2.68. The molecule has 1 aliphatic heterocycles. The van der Waals surface area contributed by atoms with Crippen LogP contribution < -0.4 is 0 Å². The van der Waals surface area contributed by atoms with Gasteiger partial charge < -0.3 is 19.7 Å². The molecule has 1 aliphatic rings. The van der Waals surface area contributed by atoms with E-state index in [-0.39, 0.29) is 36.7 Å². The normalized spacial score (nSPS) is 22.8. The molecule has 156 valence electrons. The van der Waals surface area contributed by atoms with Crippen LogP contribution in [0.5, 0.6) is 5.75 Å². The van der Waals surface area contributed by atoms with Crippen molar-refractivity contribution in [2.75, 3.05) is 6.61 Å². The number of ether oxygens (including phenoxy) is 2. The Morgan fingerprint density at radius 3 is 2.93 bits per heavy atom. The molecule has 1 aromatic carbocycles. The summed E-state index contributed by atoms with van der Waals surface area (Å²) in [5.41, 5.74) is 0.793. The smallest absolute Gasteiger partial charge is 0.342 e. The number of rotatable bonds is 5. The molecule has 1 heterocycles. The Balaban J connectivity index is 2.22. The van der Waals surface area contributed by atoms with Gasteiger partial charge >= 0.3 is 11.9 Å². The summed E-state index contributed by atoms with van der Waals surface area (Å²) >= 11 is 0. The van der Waals surface area contributed by atoms with Gasteiger partial charge in [0.1, 0.15) is 24.0 Å². The number of aromatic hydroxyl groups is 1. The van der Waals surface area contributed by atoms with Gasteiger partial charge in [-0.05, 0) is 30.4 Å². The largest absolute Gasteiger partial charge is 0.507 e. The van der Waals surface area contributed by atoms with Gasteiger partial charge in [0.25, 0.3) is 0 Å². The van der Waals surface area contributed by atoms with Crippen molar-refractivity contribution in [3.05, 3.63) is 66.3 Å². The number of esters is 2. The molecular weight excluding hydrogens is 372 g/mol. The predicted octanol–water partition coefficient (Wildman–Crippen LogP) is 3.48. The highest BCUT2D eigenvalue weighted by Crippen LogP contribution is 2.26. The van der Waals surface area contributed by atoms with Gasteiger partial charge in [-0.3, -0.25) is 0 Å². The van der Waals surface area contributed by atoms with Gasteiger partial charge in [-0.15, -0.1) is 0 Å². The fourth-order valence-corrected chi connectivity index (χ4v) is 3.08. The Labute approximate surface area is 171 Å². The van der Waals surface area contributed by atoms with E-state index < -0.39 is 24.1 Å². The van der Waals surface area contributed by atoms with E-state index in [1.807, 2.05) is 19.1 Å². The number of hydrogen-bond donors (Lipinski definition) is 2. The number of aliphatic hydroxyl groups is 1. The maximum absolute atomic E-state index is 12.8. The predicted molar refractivity (Wildman–Crippen MR) is 109 cm³/mol. The molecule has 0 unspecified atom stereocenters. The first-order valence-corrected chi connectivity index (χ1v) is 9.71. The van der Waals surface area contributed by atoms with Crippen molar-refractivity contribution in [1.29, 1.82) is 0 Å². The van der Waals surface area contributed by atoms with E-state index in [0.29, 0.717) is 18.4 Å². The van der Waals surface area contributed by atoms with Gasteiger partial charge in [0.05, 0.1) is 6.10 Å². The number of benzene rings is 1. The number of aliphatic hydroxyl groups excluding tert-OH is 1. The van der Waals surface area contributed by atoms with E-state index in [4.69, 9.17) is 9.47 Å². The summed E-state index contributed by atoms with van der Waals surface area (Å²) in [5, 5.41) is 20.7. The maximum Gasteiger partial charge on any atom is 0.342 e. The van der Waals surface area contributed by atoms with Crippen molar-refractivity contribution < 1.29 is 29.3 Å². The van der Waals surface area contributed by atoms with E-state index in [1.165, 1.54) is 18.2 Å². The lowest BCUT2D eigenvalue weighted by Gasteiger charge is -2.24. The number of cyclic esters (lactones) is 1. The lowest BCUT2D eigenvalue weighted by molar-refractivity contribution is -0.136. The van der Waals surface area contributed by atoms with Gasteiger partial charge in [0.15, 0.2) is 0 Å². The molecule has 2 rings (SSSR count). The van der Waals surface area contributed by atoms with Gasteiger partial charge in [0, 0.05) is 18.9 Å². The number of phenolic OH excluding ortho intramolecular Hbond substituents is 1. The Hall–Kier alpha value is -2.86. The molecule has 0 aromatic heterocycles. The minimum absolute atomic E-state index is 0.0166. The van der Waals surface area contributed by atoms with Crippen LogP contribution in [-0.2, 0) is 20.7 Å². The van der Waals surface area contributed by atoms with Crippen molar-refractivity contribution in [2.24, 2.45) is 5.92 Å². The van der Waals surface area contributed by atoms with Crippen molar-refractivity contribution in [3.8, 4) is 5.75 Å². The van der Waals surface area contributed by atoms with Crippen molar-refractivity contribution in [2.45, 2.75) is 44.8 Å². The fourth-order valence-electron chi connectivity index (χ4n) is 3.08. The zero-order valence-corrected chi connectivity index (χ0v) is 16.6. The molecule has 6 nitrogen and oxygen atoms in total. The average molecular weight is 400 g/mol. The van der Waals surface area contributed by atoms with Crippen LogP contribution in [0, 0.1) is 5.92 Å². The highest BCUT2D eigenvalue weighted by molar-refractivity contribution is 5.94. The van der Waals surface area contributed by atoms with Gasteiger partial charge in [0.2, 0.25) is 0 Å². The molecule has 2 N–H and O–H groups in total. The number of phenols is 1. The minimum atomic E-state index is -0.679. The van der Waals surface area contributed by atoms with Gasteiger partial charge in [-0.25, -0.2) is 9.59 Å². The van der Waals surface area contributed by atoms with Crippen LogP contribution in [0.3, 0.4) is 0 Å². The number of allylic oxidation sites excluding steroid dienone is 2. The SMILES string of the molecule is C=CCOC(=O)C=CC[C@H]1C[C@@H](O)[C@@H](C)CC=CCc2cccc(O)c2C(=O)O1. The molecule has 3 atom stereocenters. The van der Waals surface area contributed by atoms with E-state index in [0.717, 1.165) is 0 Å². The van der Waals surface area contributed by atoms with E-state index in [2.05, 4.69) is 6.58 Å². The monoisotopic (exact) mass is 400 g/mol. The van der Waals surface area contributed by atoms with Crippen LogP contribution in [0.1, 0.15) is 42.1 Å². The van der Waals surface area contributed by atoms with Crippen molar-refractivity contribution in [3.63, 3.8) is 0 Å². The van der Waals surface area contributed by atoms with E-state index >= 15 is 0 Å². The standard InChI is InChI=1S/C23H28O6/c1-3-14-28-21(26)13-7-11-18-15-20(25)16(2)8-4-5-9-17-10-6-12-19(24)22(17)23(27)29-18/h3-7,10,12-13,16,18,20,24-25H,1,8-9,11,14-15H2,2H3/t16-,18-,20+/m0/s1. The highest BCUT2D eigenvalue weighted by Gasteiger charge is 2.25. The molecular formula is C23H28O6. The van der Waals surface area contributed by atoms with E-state index in [1.54, 1.807) is 18.2 Å². The lowest BCUT2D eigenvalue weighted by Crippen LogP contribution is -2.28. The van der Waals surface area contributed by atoms with Crippen LogP contribution in [0.25, 0.3) is 0 Å². The molecule has 29 heavy (non-hydrogen) atoms. The van der Waals surface area contributed by atoms with Crippen LogP contribution in [0.15, 0.2) is 55.2 Å². The second kappa shape index (κ2) is 11.2. The third-order valence-corrected chi connectivity index (χ3v) is 4.78. The molecule has 0 radical (unpaired) electrons. The number of fused-ring (bicyclic) bond motifs is 1. The third-order valence-electron chi connectivity index (χ3n) is 4.78. The molecule has 6 heteroatoms. The van der Waals surface area contributed by atoms with Crippen LogP contribution in [0.2, 0.25) is 0 Å². The van der Waals surface area contributed by atoms with Gasteiger partial charge in [-0.2, -0.15) is 0 Å². The second-order valence-corrected chi connectivity index (χ2v) is 7.09. The number of carbonyl (C=O) groups excluding carboxylic acids is 2. The zero-order chi connectivity index (χ0) is 21.2. The summed E-state index contributed by atoms with van der Waals surface area (Å²) in [6, 6.07) is 4.90. The van der Waals surface area contributed by atoms with Crippen LogP contribution in [0.4, 0.5) is 0 Å². The molecule has 0 aliphatic carbocycles. The lowest BCUT2D eigenvalue weighted by atomic mass is 9.93. The molecule has 0 spiro atoms. The van der Waals surface area contributed by atoms with Gasteiger partial charge in [-0.1, -0.05) is 49.9 Å². The first-order valence-electron chi connectivity index (χ1n) is 9.71. The van der Waals surface area contributed by atoms with Crippen molar-refractivity contribution >= 4 is 11.9 Å². The zero-order valence-electron chi connectivity index (χ0n) is 16.6. The Bertz CT molecular complexity index is 780. The summed E-state index contributed by atoms with van der Waals surface area (Å²) in [5.74, 6) is -1.34. The molecule has 1 aromatic rings. The number of hydrogen-bond acceptors (Lipinski definition) is 6. The Morgan fingerprint density at radius 1 is 1.38 bits per heavy atom. The molecule has 0 saturated heterocycles. The first-order chi connectivity index (χ1) is 13.9. The minimum Gasteiger partial charge on any atom is -0.507 e. The molecule has 0 amide bonds. The first kappa shape index (κ1) is 22.4. The maximum atomic E-state index is 12.8. The summed E-state index contributed by atoms with van der Waals surface area (Å²) in [7, 11) is 0. The Kier molecular flexibility index (Phi) is 8.68. The highest BCUT2D eigenvalue weighted by atomic mass is 16.5. The van der Waals surface area contributed by atoms with Crippen LogP contribution in [-0.4, -0.2) is 41.0 Å². The summed E-state index contributed by atoms with van der Waals surface area (Å²) in [4.78, 5) is 24.3.